The van der Waals surface area contributed by atoms with Crippen LogP contribution in [0.1, 0.15) is 6.42 Å². The van der Waals surface area contributed by atoms with Crippen LogP contribution >= 0.6 is 0 Å². The highest BCUT2D eigenvalue weighted by Crippen LogP contribution is 2.44. The second-order valence-corrected chi connectivity index (χ2v) is 11.6. The quantitative estimate of drug-likeness (QED) is 0.223. The van der Waals surface area contributed by atoms with Crippen molar-refractivity contribution in [3.05, 3.63) is 156 Å². The number of allylic oxidation sites excluding steroid dienone is 2. The molecule has 1 saturated heterocycles. The molecule has 2 nitrogen and oxygen atoms in total. The van der Waals surface area contributed by atoms with Crippen molar-refractivity contribution in [3.8, 4) is 16.8 Å². The zero-order valence-electron chi connectivity index (χ0n) is 23.3. The molecule has 0 radical (unpaired) electrons. The zero-order valence-corrected chi connectivity index (χ0v) is 23.3. The third-order valence-corrected chi connectivity index (χ3v) is 9.46. The van der Waals surface area contributed by atoms with E-state index in [1.807, 2.05) is 0 Å². The van der Waals surface area contributed by atoms with Gasteiger partial charge in [0.1, 0.15) is 0 Å². The van der Waals surface area contributed by atoms with Crippen LogP contribution < -0.4 is 15.5 Å². The summed E-state index contributed by atoms with van der Waals surface area (Å²) in [6.45, 7) is 0. The second kappa shape index (κ2) is 9.22. The van der Waals surface area contributed by atoms with E-state index in [0.29, 0.717) is 18.0 Å². The third kappa shape index (κ3) is 3.39. The number of para-hydroxylation sites is 2. The fourth-order valence-electron chi connectivity index (χ4n) is 7.77. The number of anilines is 1. The molecule has 3 unspecified atom stereocenters. The summed E-state index contributed by atoms with van der Waals surface area (Å²) in [5, 5.41) is 6.62. The van der Waals surface area contributed by atoms with E-state index in [9.17, 15) is 0 Å². The molecule has 42 heavy (non-hydrogen) atoms. The standard InChI is InChI=1S/C40H30N2/c1-3-13-27(14-4-1)35-26-30(25-28-15-7-8-18-31(28)35)42-36-21-11-9-19-32(36)33-23-24-38-39(40(33)42)34-20-10-12-22-37(34)41(38)29-16-5-2-6-17-29/h1-23,25-26,34,37-38H,24H2. The van der Waals surface area contributed by atoms with Crippen molar-refractivity contribution in [1.29, 1.82) is 0 Å². The minimum absolute atomic E-state index is 0.305. The molecule has 3 atom stereocenters. The number of nitrogens with zero attached hydrogens (tertiary/aromatic N) is 2. The topological polar surface area (TPSA) is 8.17 Å². The molecule has 0 bridgehead atoms. The molecular formula is C40H30N2. The largest absolute Gasteiger partial charge is 0.357 e. The smallest absolute Gasteiger partial charge is 0.0584 e. The summed E-state index contributed by atoms with van der Waals surface area (Å²) in [4.78, 5) is 2.66. The maximum Gasteiger partial charge on any atom is 0.0584 e. The van der Waals surface area contributed by atoms with Gasteiger partial charge in [-0.05, 0) is 64.2 Å². The van der Waals surface area contributed by atoms with Crippen LogP contribution in [0.4, 0.5) is 5.69 Å². The fraction of sp³-hybridized carbons (Fsp3) is 0.100. The zero-order chi connectivity index (χ0) is 27.6. The molecular weight excluding hydrogens is 508 g/mol. The molecule has 9 rings (SSSR count). The lowest BCUT2D eigenvalue weighted by atomic mass is 9.87. The number of aromatic nitrogens is 1. The van der Waals surface area contributed by atoms with Crippen LogP contribution in [0.3, 0.4) is 0 Å². The molecule has 0 spiro atoms. The van der Waals surface area contributed by atoms with Crippen LogP contribution in [0.2, 0.25) is 0 Å². The van der Waals surface area contributed by atoms with Crippen molar-refractivity contribution in [2.45, 2.75) is 18.5 Å². The molecule has 5 aromatic carbocycles. The highest BCUT2D eigenvalue weighted by molar-refractivity contribution is 5.99. The van der Waals surface area contributed by atoms with E-state index in [2.05, 4.69) is 161 Å². The Bertz CT molecular complexity index is 2180. The third-order valence-electron chi connectivity index (χ3n) is 9.46. The molecule has 0 N–H and O–H groups in total. The van der Waals surface area contributed by atoms with Gasteiger partial charge in [-0.1, -0.05) is 121 Å². The monoisotopic (exact) mass is 538 g/mol. The number of rotatable bonds is 3. The first-order valence-electron chi connectivity index (χ1n) is 15.0. The van der Waals surface area contributed by atoms with Gasteiger partial charge in [0.15, 0.2) is 0 Å². The number of fused-ring (bicyclic) bond motifs is 7. The maximum atomic E-state index is 2.66. The summed E-state index contributed by atoms with van der Waals surface area (Å²) in [6, 6.07) is 45.0. The average Bonchev–Trinajstić information content (AvgIpc) is 3.58. The summed E-state index contributed by atoms with van der Waals surface area (Å²) < 4.78 is 2.57. The van der Waals surface area contributed by atoms with Crippen LogP contribution in [0.5, 0.6) is 0 Å². The number of benzene rings is 5. The van der Waals surface area contributed by atoms with Crippen molar-refractivity contribution in [3.63, 3.8) is 0 Å². The molecule has 2 heterocycles. The SMILES string of the molecule is C1=CC2C3=c4c(c5ccccc5n4-c4cc(-c5ccccc5)c5ccccc5c4)=CCC3N(c3ccccc3)C2C=C1. The van der Waals surface area contributed by atoms with Gasteiger partial charge in [-0.15, -0.1) is 0 Å². The molecule has 3 aliphatic rings. The predicted molar refractivity (Wildman–Crippen MR) is 176 cm³/mol. The van der Waals surface area contributed by atoms with E-state index >= 15 is 0 Å². The van der Waals surface area contributed by atoms with Crippen LogP contribution in [-0.4, -0.2) is 16.7 Å². The first-order valence-corrected chi connectivity index (χ1v) is 15.0. The Morgan fingerprint density at radius 2 is 1.33 bits per heavy atom. The highest BCUT2D eigenvalue weighted by Gasteiger charge is 2.45. The molecule has 0 amide bonds. The van der Waals surface area contributed by atoms with E-state index in [4.69, 9.17) is 0 Å². The van der Waals surface area contributed by atoms with Gasteiger partial charge in [0, 0.05) is 27.9 Å². The first kappa shape index (κ1) is 23.6. The van der Waals surface area contributed by atoms with E-state index in [1.54, 1.807) is 0 Å². The second-order valence-electron chi connectivity index (χ2n) is 11.6. The fourth-order valence-corrected chi connectivity index (χ4v) is 7.77. The van der Waals surface area contributed by atoms with Gasteiger partial charge in [0.2, 0.25) is 0 Å². The van der Waals surface area contributed by atoms with Gasteiger partial charge in [-0.2, -0.15) is 0 Å². The molecule has 0 saturated carbocycles. The summed E-state index contributed by atoms with van der Waals surface area (Å²) in [6.07, 6.45) is 12.8. The van der Waals surface area contributed by atoms with Crippen molar-refractivity contribution < 1.29 is 0 Å². The Hall–Kier alpha value is -5.08. The Morgan fingerprint density at radius 1 is 0.619 bits per heavy atom. The normalized spacial score (nSPS) is 20.4. The van der Waals surface area contributed by atoms with Gasteiger partial charge in [-0.3, -0.25) is 0 Å². The Labute approximate surface area is 245 Å². The molecule has 1 fully saturated rings. The van der Waals surface area contributed by atoms with Crippen molar-refractivity contribution >= 4 is 39.0 Å². The van der Waals surface area contributed by atoms with Gasteiger partial charge in [0.05, 0.1) is 22.9 Å². The summed E-state index contributed by atoms with van der Waals surface area (Å²) >= 11 is 0. The van der Waals surface area contributed by atoms with Crippen molar-refractivity contribution in [1.82, 2.24) is 4.57 Å². The number of hydrogen-bond donors (Lipinski definition) is 0. The molecule has 2 heteroatoms. The summed E-state index contributed by atoms with van der Waals surface area (Å²) in [7, 11) is 0. The van der Waals surface area contributed by atoms with Crippen LogP contribution in [0, 0.1) is 5.92 Å². The van der Waals surface area contributed by atoms with Gasteiger partial charge in [0.25, 0.3) is 0 Å². The van der Waals surface area contributed by atoms with E-state index in [0.717, 1.165) is 6.42 Å². The molecule has 2 aliphatic carbocycles. The molecule has 6 aromatic rings. The van der Waals surface area contributed by atoms with E-state index in [1.165, 1.54) is 60.3 Å². The van der Waals surface area contributed by atoms with Gasteiger partial charge < -0.3 is 9.47 Å². The Morgan fingerprint density at radius 3 is 2.19 bits per heavy atom. The Kier molecular flexibility index (Phi) is 5.18. The van der Waals surface area contributed by atoms with E-state index in [-0.39, 0.29) is 0 Å². The molecule has 1 aromatic heterocycles. The van der Waals surface area contributed by atoms with Crippen LogP contribution in [0.15, 0.2) is 146 Å². The predicted octanol–water partition coefficient (Wildman–Crippen LogP) is 7.79. The van der Waals surface area contributed by atoms with Crippen LogP contribution in [-0.2, 0) is 0 Å². The minimum atomic E-state index is 0.305. The molecule has 200 valence electrons. The lowest BCUT2D eigenvalue weighted by molar-refractivity contribution is 0.678. The summed E-state index contributed by atoms with van der Waals surface area (Å²) in [5.74, 6) is 0.324. The number of hydrogen-bond acceptors (Lipinski definition) is 1. The Balaban J connectivity index is 1.40. The first-order chi connectivity index (χ1) is 20.9. The highest BCUT2D eigenvalue weighted by atomic mass is 15.2. The lowest BCUT2D eigenvalue weighted by Gasteiger charge is -2.32. The maximum absolute atomic E-state index is 2.66. The summed E-state index contributed by atoms with van der Waals surface area (Å²) in [5.41, 5.74) is 7.83. The minimum Gasteiger partial charge on any atom is -0.357 e. The van der Waals surface area contributed by atoms with Crippen molar-refractivity contribution in [2.24, 2.45) is 5.92 Å². The van der Waals surface area contributed by atoms with Gasteiger partial charge >= 0.3 is 0 Å². The lowest BCUT2D eigenvalue weighted by Crippen LogP contribution is -2.41. The van der Waals surface area contributed by atoms with Gasteiger partial charge in [-0.25, -0.2) is 0 Å². The average molecular weight is 539 g/mol. The van der Waals surface area contributed by atoms with Crippen LogP contribution in [0.25, 0.3) is 50.1 Å². The van der Waals surface area contributed by atoms with Crippen molar-refractivity contribution in [2.75, 3.05) is 4.90 Å². The van der Waals surface area contributed by atoms with E-state index < -0.39 is 0 Å². The molecule has 1 aliphatic heterocycles.